The lowest BCUT2D eigenvalue weighted by atomic mass is 10.1. The van der Waals surface area contributed by atoms with Crippen LogP contribution in [0.2, 0.25) is 0 Å². The zero-order chi connectivity index (χ0) is 13.5. The summed E-state index contributed by atoms with van der Waals surface area (Å²) in [4.78, 5) is 11.3. The maximum Gasteiger partial charge on any atom is 0.309 e. The van der Waals surface area contributed by atoms with Gasteiger partial charge < -0.3 is 14.2 Å². The van der Waals surface area contributed by atoms with Crippen LogP contribution in [0.3, 0.4) is 0 Å². The number of carbonyl (C=O) groups is 1. The minimum absolute atomic E-state index is 0.218. The Labute approximate surface area is 113 Å². The number of carbonyl (C=O) groups excluding carboxylic acids is 1. The summed E-state index contributed by atoms with van der Waals surface area (Å²) in [7, 11) is 0. The van der Waals surface area contributed by atoms with Crippen molar-refractivity contribution in [3.05, 3.63) is 41.5 Å². The molecule has 0 bridgehead atoms. The molecule has 1 aromatic carbocycles. The summed E-state index contributed by atoms with van der Waals surface area (Å²) in [5, 5.41) is 0. The first kappa shape index (κ1) is 13.8. The van der Waals surface area contributed by atoms with Gasteiger partial charge in [0.1, 0.15) is 0 Å². The molecule has 1 aromatic rings. The fraction of sp³-hybridized carbons (Fsp3) is 0.400. The Morgan fingerprint density at radius 1 is 1.37 bits per heavy atom. The molecule has 0 radical (unpaired) electrons. The normalized spacial score (nSPS) is 16.1. The molecular weight excluding hydrogens is 244 g/mol. The molecule has 4 nitrogen and oxygen atoms in total. The summed E-state index contributed by atoms with van der Waals surface area (Å²) in [5.41, 5.74) is 1.99. The molecule has 0 amide bonds. The van der Waals surface area contributed by atoms with Gasteiger partial charge in [-0.25, -0.2) is 0 Å². The van der Waals surface area contributed by atoms with Crippen molar-refractivity contribution in [2.75, 3.05) is 19.8 Å². The highest BCUT2D eigenvalue weighted by atomic mass is 16.7. The first-order valence-electron chi connectivity index (χ1n) is 6.45. The lowest BCUT2D eigenvalue weighted by Crippen LogP contribution is -2.02. The van der Waals surface area contributed by atoms with Gasteiger partial charge in [-0.05, 0) is 12.5 Å². The van der Waals surface area contributed by atoms with E-state index in [1.165, 1.54) is 0 Å². The minimum Gasteiger partial charge on any atom is -0.466 e. The van der Waals surface area contributed by atoms with E-state index in [0.29, 0.717) is 19.8 Å². The molecule has 4 heteroatoms. The number of hydrogen-bond acceptors (Lipinski definition) is 4. The highest BCUT2D eigenvalue weighted by Crippen LogP contribution is 2.27. The second-order valence-electron chi connectivity index (χ2n) is 4.11. The van der Waals surface area contributed by atoms with Crippen LogP contribution in [0.25, 0.3) is 6.08 Å². The highest BCUT2D eigenvalue weighted by Gasteiger charge is 2.19. The minimum atomic E-state index is -0.302. The molecule has 0 N–H and O–H groups in total. The van der Waals surface area contributed by atoms with E-state index < -0.39 is 0 Å². The van der Waals surface area contributed by atoms with E-state index in [1.807, 2.05) is 30.3 Å². The van der Waals surface area contributed by atoms with Crippen molar-refractivity contribution in [3.63, 3.8) is 0 Å². The third-order valence-corrected chi connectivity index (χ3v) is 2.76. The van der Waals surface area contributed by atoms with Crippen LogP contribution in [-0.4, -0.2) is 25.8 Å². The molecular formula is C15H18O4. The predicted molar refractivity (Wildman–Crippen MR) is 71.4 cm³/mol. The van der Waals surface area contributed by atoms with Crippen LogP contribution >= 0.6 is 0 Å². The Morgan fingerprint density at radius 3 is 2.84 bits per heavy atom. The van der Waals surface area contributed by atoms with Crippen molar-refractivity contribution in [2.24, 2.45) is 0 Å². The summed E-state index contributed by atoms with van der Waals surface area (Å²) in [6.45, 7) is 3.44. The van der Waals surface area contributed by atoms with Gasteiger partial charge in [0.25, 0.3) is 0 Å². The van der Waals surface area contributed by atoms with Crippen molar-refractivity contribution in [3.8, 4) is 0 Å². The average Bonchev–Trinajstić information content (AvgIpc) is 2.93. The van der Waals surface area contributed by atoms with Gasteiger partial charge in [0.05, 0.1) is 26.2 Å². The predicted octanol–water partition coefficient (Wildman–Crippen LogP) is 2.70. The first-order valence-corrected chi connectivity index (χ1v) is 6.45. The molecule has 0 spiro atoms. The monoisotopic (exact) mass is 262 g/mol. The van der Waals surface area contributed by atoms with Gasteiger partial charge in [0.15, 0.2) is 6.29 Å². The summed E-state index contributed by atoms with van der Waals surface area (Å²) >= 11 is 0. The zero-order valence-electron chi connectivity index (χ0n) is 11.0. The molecule has 0 atom stereocenters. The largest absolute Gasteiger partial charge is 0.466 e. The van der Waals surface area contributed by atoms with Gasteiger partial charge in [0, 0.05) is 5.56 Å². The fourth-order valence-corrected chi connectivity index (χ4v) is 1.92. The molecule has 1 fully saturated rings. The topological polar surface area (TPSA) is 44.8 Å². The lowest BCUT2D eigenvalue weighted by Gasteiger charge is -2.12. The number of ether oxygens (including phenoxy) is 3. The maximum absolute atomic E-state index is 11.3. The second-order valence-corrected chi connectivity index (χ2v) is 4.11. The molecule has 1 aliphatic rings. The van der Waals surface area contributed by atoms with Crippen molar-refractivity contribution in [2.45, 2.75) is 19.6 Å². The number of hydrogen-bond donors (Lipinski definition) is 0. The zero-order valence-corrected chi connectivity index (χ0v) is 11.0. The second kappa shape index (κ2) is 7.07. The molecule has 0 saturated carbocycles. The standard InChI is InChI=1S/C15H18O4/c1-2-17-14(16)9-5-7-12-6-3-4-8-13(12)15-18-10-11-19-15/h3-8,15H,2,9-11H2,1H3. The summed E-state index contributed by atoms with van der Waals surface area (Å²) in [5.74, 6) is -0.218. The van der Waals surface area contributed by atoms with Crippen LogP contribution in [0.4, 0.5) is 0 Å². The van der Waals surface area contributed by atoms with E-state index in [-0.39, 0.29) is 18.7 Å². The molecule has 2 rings (SSSR count). The fourth-order valence-electron chi connectivity index (χ4n) is 1.92. The van der Waals surface area contributed by atoms with Crippen LogP contribution in [0, 0.1) is 0 Å². The van der Waals surface area contributed by atoms with E-state index >= 15 is 0 Å². The van der Waals surface area contributed by atoms with Crippen LogP contribution in [0.1, 0.15) is 30.8 Å². The molecule has 0 aliphatic carbocycles. The molecule has 0 unspecified atom stereocenters. The first-order chi connectivity index (χ1) is 9.31. The third kappa shape index (κ3) is 3.91. The van der Waals surface area contributed by atoms with Crippen molar-refractivity contribution in [1.29, 1.82) is 0 Å². The number of esters is 1. The van der Waals surface area contributed by atoms with Gasteiger partial charge in [-0.1, -0.05) is 36.4 Å². The third-order valence-electron chi connectivity index (χ3n) is 2.76. The molecule has 1 saturated heterocycles. The van der Waals surface area contributed by atoms with Gasteiger partial charge in [-0.2, -0.15) is 0 Å². The molecule has 0 aromatic heterocycles. The summed E-state index contributed by atoms with van der Waals surface area (Å²) in [6.07, 6.45) is 3.67. The average molecular weight is 262 g/mol. The van der Waals surface area contributed by atoms with E-state index in [9.17, 15) is 4.79 Å². The Morgan fingerprint density at radius 2 is 2.11 bits per heavy atom. The Hall–Kier alpha value is -1.65. The van der Waals surface area contributed by atoms with Crippen LogP contribution < -0.4 is 0 Å². The van der Waals surface area contributed by atoms with Gasteiger partial charge in [-0.15, -0.1) is 0 Å². The number of benzene rings is 1. The number of rotatable bonds is 5. The van der Waals surface area contributed by atoms with Crippen molar-refractivity contribution < 1.29 is 19.0 Å². The van der Waals surface area contributed by atoms with Gasteiger partial charge in [-0.3, -0.25) is 4.79 Å². The summed E-state index contributed by atoms with van der Waals surface area (Å²) < 4.78 is 15.9. The lowest BCUT2D eigenvalue weighted by molar-refractivity contribution is -0.142. The highest BCUT2D eigenvalue weighted by molar-refractivity contribution is 5.72. The summed E-state index contributed by atoms with van der Waals surface area (Å²) in [6, 6.07) is 7.84. The Kier molecular flexibility index (Phi) is 5.12. The van der Waals surface area contributed by atoms with E-state index in [4.69, 9.17) is 14.2 Å². The Bertz CT molecular complexity index is 447. The Balaban J connectivity index is 2.03. The SMILES string of the molecule is CCOC(=O)CC=Cc1ccccc1C1OCCO1. The van der Waals surface area contributed by atoms with E-state index in [0.717, 1.165) is 11.1 Å². The van der Waals surface area contributed by atoms with Gasteiger partial charge in [0.2, 0.25) is 0 Å². The quantitative estimate of drug-likeness (QED) is 0.765. The smallest absolute Gasteiger partial charge is 0.309 e. The van der Waals surface area contributed by atoms with Crippen LogP contribution in [0.5, 0.6) is 0 Å². The van der Waals surface area contributed by atoms with Crippen molar-refractivity contribution >= 4 is 12.0 Å². The molecule has 1 heterocycles. The van der Waals surface area contributed by atoms with Gasteiger partial charge >= 0.3 is 5.97 Å². The molecule has 1 aliphatic heterocycles. The maximum atomic E-state index is 11.3. The molecule has 102 valence electrons. The van der Waals surface area contributed by atoms with Crippen molar-refractivity contribution in [1.82, 2.24) is 0 Å². The van der Waals surface area contributed by atoms with E-state index in [1.54, 1.807) is 13.0 Å². The van der Waals surface area contributed by atoms with E-state index in [2.05, 4.69) is 0 Å². The van der Waals surface area contributed by atoms with Crippen LogP contribution in [0.15, 0.2) is 30.3 Å². The molecule has 19 heavy (non-hydrogen) atoms. The van der Waals surface area contributed by atoms with Crippen LogP contribution in [-0.2, 0) is 19.0 Å².